The maximum atomic E-state index is 13.7. The Bertz CT molecular complexity index is 485. The second-order valence-electron chi connectivity index (χ2n) is 3.85. The van der Waals surface area contributed by atoms with Crippen LogP contribution in [0.4, 0.5) is 4.39 Å². The number of halogens is 2. The van der Waals surface area contributed by atoms with Crippen LogP contribution < -0.4 is 5.32 Å². The lowest BCUT2D eigenvalue weighted by atomic mass is 10.1. The van der Waals surface area contributed by atoms with Gasteiger partial charge in [0.15, 0.2) is 0 Å². The fraction of sp³-hybridized carbons (Fsp3) is 0.250. The lowest BCUT2D eigenvalue weighted by molar-refractivity contribution is 0.525. The van der Waals surface area contributed by atoms with E-state index in [1.807, 2.05) is 13.0 Å². The smallest absolute Gasteiger partial charge is 0.129 e. The molecule has 1 heterocycles. The topological polar surface area (TPSA) is 40.7 Å². The molecule has 1 aromatic carbocycles. The first-order valence-electron chi connectivity index (χ1n) is 5.32. The van der Waals surface area contributed by atoms with E-state index in [1.165, 1.54) is 6.07 Å². The van der Waals surface area contributed by atoms with Crippen LogP contribution in [0.15, 0.2) is 35.2 Å². The first kappa shape index (κ1) is 12.3. The summed E-state index contributed by atoms with van der Waals surface area (Å²) in [6.45, 7) is 2.57. The van der Waals surface area contributed by atoms with Crippen molar-refractivity contribution in [1.82, 2.24) is 15.3 Å². The van der Waals surface area contributed by atoms with Gasteiger partial charge in [-0.2, -0.15) is 0 Å². The first-order chi connectivity index (χ1) is 8.16. The molecule has 1 unspecified atom stereocenters. The van der Waals surface area contributed by atoms with Gasteiger partial charge in [0.25, 0.3) is 0 Å². The minimum Gasteiger partial charge on any atom is -0.347 e. The quantitative estimate of drug-likeness (QED) is 0.910. The predicted molar refractivity (Wildman–Crippen MR) is 67.9 cm³/mol. The van der Waals surface area contributed by atoms with Crippen molar-refractivity contribution >= 4 is 15.9 Å². The Kier molecular flexibility index (Phi) is 3.91. The first-order valence-corrected chi connectivity index (χ1v) is 6.11. The van der Waals surface area contributed by atoms with Crippen LogP contribution in [0, 0.1) is 5.82 Å². The van der Waals surface area contributed by atoms with Gasteiger partial charge < -0.3 is 10.3 Å². The van der Waals surface area contributed by atoms with Gasteiger partial charge >= 0.3 is 0 Å². The Morgan fingerprint density at radius 2 is 2.35 bits per heavy atom. The highest BCUT2D eigenvalue weighted by molar-refractivity contribution is 9.10. The molecule has 0 bridgehead atoms. The largest absolute Gasteiger partial charge is 0.347 e. The van der Waals surface area contributed by atoms with Crippen LogP contribution >= 0.6 is 15.9 Å². The third-order valence-electron chi connectivity index (χ3n) is 2.58. The summed E-state index contributed by atoms with van der Waals surface area (Å²) in [5.74, 6) is -0.205. The Hall–Kier alpha value is -1.20. The SMILES string of the molecule is CC(NCc1cnc[nH]1)c1ccc(Br)cc1F. The number of nitrogens with one attached hydrogen (secondary N) is 2. The molecule has 0 radical (unpaired) electrons. The molecule has 0 saturated heterocycles. The number of benzene rings is 1. The summed E-state index contributed by atoms with van der Waals surface area (Å²) in [7, 11) is 0. The molecule has 1 aromatic heterocycles. The van der Waals surface area contributed by atoms with E-state index >= 15 is 0 Å². The summed E-state index contributed by atoms with van der Waals surface area (Å²) in [5.41, 5.74) is 1.64. The number of hydrogen-bond donors (Lipinski definition) is 2. The van der Waals surface area contributed by atoms with Crippen molar-refractivity contribution in [1.29, 1.82) is 0 Å². The molecular formula is C12H13BrFN3. The molecule has 5 heteroatoms. The zero-order valence-corrected chi connectivity index (χ0v) is 11.0. The summed E-state index contributed by atoms with van der Waals surface area (Å²) >= 11 is 3.24. The lowest BCUT2D eigenvalue weighted by Crippen LogP contribution is -2.19. The van der Waals surface area contributed by atoms with Gasteiger partial charge in [-0.1, -0.05) is 22.0 Å². The van der Waals surface area contributed by atoms with Crippen molar-refractivity contribution in [3.63, 3.8) is 0 Å². The second-order valence-corrected chi connectivity index (χ2v) is 4.76. The normalized spacial score (nSPS) is 12.6. The molecule has 0 amide bonds. The van der Waals surface area contributed by atoms with Crippen LogP contribution in [0.3, 0.4) is 0 Å². The molecule has 0 spiro atoms. The second kappa shape index (κ2) is 5.42. The molecule has 1 atom stereocenters. The average molecular weight is 298 g/mol. The van der Waals surface area contributed by atoms with Gasteiger partial charge in [0.05, 0.1) is 6.33 Å². The highest BCUT2D eigenvalue weighted by Gasteiger charge is 2.10. The monoisotopic (exact) mass is 297 g/mol. The van der Waals surface area contributed by atoms with E-state index in [0.717, 1.165) is 10.2 Å². The molecule has 2 rings (SSSR count). The van der Waals surface area contributed by atoms with Crippen molar-refractivity contribution in [2.45, 2.75) is 19.5 Å². The van der Waals surface area contributed by atoms with E-state index < -0.39 is 0 Å². The van der Waals surface area contributed by atoms with Gasteiger partial charge in [0, 0.05) is 34.5 Å². The van der Waals surface area contributed by atoms with Crippen LogP contribution in [0.1, 0.15) is 24.2 Å². The van der Waals surface area contributed by atoms with Crippen molar-refractivity contribution in [2.75, 3.05) is 0 Å². The zero-order chi connectivity index (χ0) is 12.3. The minimum absolute atomic E-state index is 0.0496. The van der Waals surface area contributed by atoms with Gasteiger partial charge in [0.2, 0.25) is 0 Å². The highest BCUT2D eigenvalue weighted by Crippen LogP contribution is 2.20. The van der Waals surface area contributed by atoms with Gasteiger partial charge in [0.1, 0.15) is 5.82 Å². The molecular weight excluding hydrogens is 285 g/mol. The molecule has 0 saturated carbocycles. The number of nitrogens with zero attached hydrogens (tertiary/aromatic N) is 1. The third-order valence-corrected chi connectivity index (χ3v) is 3.08. The summed E-state index contributed by atoms with van der Waals surface area (Å²) in [6, 6.07) is 5.05. The number of aromatic amines is 1. The maximum Gasteiger partial charge on any atom is 0.129 e. The molecule has 0 aliphatic heterocycles. The predicted octanol–water partition coefficient (Wildman–Crippen LogP) is 3.16. The summed E-state index contributed by atoms with van der Waals surface area (Å²) in [6.07, 6.45) is 3.37. The van der Waals surface area contributed by atoms with E-state index in [1.54, 1.807) is 18.6 Å². The summed E-state index contributed by atoms with van der Waals surface area (Å²) in [5, 5.41) is 3.24. The van der Waals surface area contributed by atoms with Crippen molar-refractivity contribution in [3.05, 3.63) is 52.3 Å². The van der Waals surface area contributed by atoms with Crippen LogP contribution in [0.5, 0.6) is 0 Å². The van der Waals surface area contributed by atoms with Crippen LogP contribution in [0.25, 0.3) is 0 Å². The highest BCUT2D eigenvalue weighted by atomic mass is 79.9. The average Bonchev–Trinajstić information content (AvgIpc) is 2.78. The standard InChI is InChI=1S/C12H13BrFN3/c1-8(16-6-10-5-15-7-17-10)11-3-2-9(13)4-12(11)14/h2-5,7-8,16H,6H2,1H3,(H,15,17). The number of aromatic nitrogens is 2. The molecule has 0 fully saturated rings. The van der Waals surface area contributed by atoms with Crippen LogP contribution in [-0.2, 0) is 6.54 Å². The van der Waals surface area contributed by atoms with Gasteiger partial charge in [-0.15, -0.1) is 0 Å². The molecule has 0 aliphatic rings. The molecule has 90 valence electrons. The maximum absolute atomic E-state index is 13.7. The van der Waals surface area contributed by atoms with Crippen LogP contribution in [0.2, 0.25) is 0 Å². The van der Waals surface area contributed by atoms with Gasteiger partial charge in [-0.3, -0.25) is 0 Å². The summed E-state index contributed by atoms with van der Waals surface area (Å²) < 4.78 is 14.4. The minimum atomic E-state index is -0.205. The fourth-order valence-corrected chi connectivity index (χ4v) is 1.94. The number of H-pyrrole nitrogens is 1. The van der Waals surface area contributed by atoms with E-state index in [9.17, 15) is 4.39 Å². The molecule has 0 aliphatic carbocycles. The number of rotatable bonds is 4. The van der Waals surface area contributed by atoms with E-state index in [4.69, 9.17) is 0 Å². The Balaban J connectivity index is 2.01. The van der Waals surface area contributed by atoms with Gasteiger partial charge in [-0.25, -0.2) is 9.37 Å². The lowest BCUT2D eigenvalue weighted by Gasteiger charge is -2.14. The Labute approximate surface area is 108 Å². The fourth-order valence-electron chi connectivity index (χ4n) is 1.61. The molecule has 2 N–H and O–H groups in total. The Morgan fingerprint density at radius 3 is 3.00 bits per heavy atom. The summed E-state index contributed by atoms with van der Waals surface area (Å²) in [4.78, 5) is 6.92. The molecule has 17 heavy (non-hydrogen) atoms. The molecule has 3 nitrogen and oxygen atoms in total. The van der Waals surface area contributed by atoms with E-state index in [2.05, 4.69) is 31.2 Å². The van der Waals surface area contributed by atoms with Crippen molar-refractivity contribution in [3.8, 4) is 0 Å². The van der Waals surface area contributed by atoms with Crippen molar-refractivity contribution in [2.24, 2.45) is 0 Å². The number of hydrogen-bond acceptors (Lipinski definition) is 2. The third kappa shape index (κ3) is 3.14. The van der Waals surface area contributed by atoms with Gasteiger partial charge in [-0.05, 0) is 19.1 Å². The number of imidazole rings is 1. The zero-order valence-electron chi connectivity index (χ0n) is 9.37. The Morgan fingerprint density at radius 1 is 1.53 bits per heavy atom. The van der Waals surface area contributed by atoms with Crippen LogP contribution in [-0.4, -0.2) is 9.97 Å². The molecule has 2 aromatic rings. The van der Waals surface area contributed by atoms with Crippen molar-refractivity contribution < 1.29 is 4.39 Å². The van der Waals surface area contributed by atoms with E-state index in [0.29, 0.717) is 12.1 Å². The van der Waals surface area contributed by atoms with E-state index in [-0.39, 0.29) is 11.9 Å².